The number of rotatable bonds is 5. The summed E-state index contributed by atoms with van der Waals surface area (Å²) in [6.07, 6.45) is -0.402. The summed E-state index contributed by atoms with van der Waals surface area (Å²) in [6.45, 7) is 5.17. The van der Waals surface area contributed by atoms with Crippen LogP contribution in [0, 0.1) is 6.92 Å². The van der Waals surface area contributed by atoms with Crippen LogP contribution in [-0.4, -0.2) is 44.5 Å². The van der Waals surface area contributed by atoms with Crippen LogP contribution in [0.3, 0.4) is 0 Å². The van der Waals surface area contributed by atoms with Crippen molar-refractivity contribution < 1.29 is 32.2 Å². The molecule has 1 saturated heterocycles. The average molecular weight is 319 g/mol. The van der Waals surface area contributed by atoms with Crippen LogP contribution in [0.25, 0.3) is 0 Å². The first-order chi connectivity index (χ1) is 9.61. The molecule has 2 N–H and O–H groups in total. The second-order valence-electron chi connectivity index (χ2n) is 5.14. The summed E-state index contributed by atoms with van der Waals surface area (Å²) in [5.74, 6) is -2.47. The maximum atomic E-state index is 12.1. The molecule has 0 bridgehead atoms. The number of aryl methyl sites for hydroxylation is 1. The normalized spacial score (nSPS) is 21.6. The first-order valence-electron chi connectivity index (χ1n) is 6.26. The van der Waals surface area contributed by atoms with Gasteiger partial charge < -0.3 is 19.0 Å². The zero-order valence-corrected chi connectivity index (χ0v) is 12.7. The van der Waals surface area contributed by atoms with E-state index in [4.69, 9.17) is 19.0 Å². The zero-order chi connectivity index (χ0) is 15.8. The van der Waals surface area contributed by atoms with Gasteiger partial charge in [-0.3, -0.25) is 0 Å². The first kappa shape index (κ1) is 16.0. The molecule has 0 radical (unpaired) electrons. The number of carboxylic acids is 1. The predicted molar refractivity (Wildman–Crippen MR) is 70.5 cm³/mol. The highest BCUT2D eigenvalue weighted by Crippen LogP contribution is 2.23. The molecule has 1 aliphatic heterocycles. The van der Waals surface area contributed by atoms with E-state index in [2.05, 4.69) is 4.72 Å². The van der Waals surface area contributed by atoms with Crippen molar-refractivity contribution in [3.8, 4) is 0 Å². The standard InChI is InChI=1S/C12H17NO7S/c1-7-10(4-9(19-7)11(14)15)21(16,17)13-5-8-6-18-12(2,3)20-8/h4,8,13H,5-6H2,1-3H3,(H,14,15). The van der Waals surface area contributed by atoms with E-state index in [1.165, 1.54) is 6.92 Å². The van der Waals surface area contributed by atoms with Gasteiger partial charge in [-0.05, 0) is 20.8 Å². The number of aromatic carboxylic acids is 1. The van der Waals surface area contributed by atoms with Crippen molar-refractivity contribution in [1.82, 2.24) is 4.72 Å². The maximum Gasteiger partial charge on any atom is 0.371 e. The fraction of sp³-hybridized carbons (Fsp3) is 0.583. The smallest absolute Gasteiger partial charge is 0.371 e. The topological polar surface area (TPSA) is 115 Å². The highest BCUT2D eigenvalue weighted by atomic mass is 32.2. The van der Waals surface area contributed by atoms with Crippen LogP contribution in [0.5, 0.6) is 0 Å². The number of hydrogen-bond acceptors (Lipinski definition) is 6. The molecule has 21 heavy (non-hydrogen) atoms. The molecule has 2 rings (SSSR count). The van der Waals surface area contributed by atoms with Crippen molar-refractivity contribution >= 4 is 16.0 Å². The Morgan fingerprint density at radius 3 is 2.67 bits per heavy atom. The fourth-order valence-electron chi connectivity index (χ4n) is 1.98. The van der Waals surface area contributed by atoms with Crippen LogP contribution >= 0.6 is 0 Å². The molecule has 1 atom stereocenters. The van der Waals surface area contributed by atoms with Gasteiger partial charge in [-0.25, -0.2) is 17.9 Å². The number of nitrogens with one attached hydrogen (secondary N) is 1. The van der Waals surface area contributed by atoms with Gasteiger partial charge in [0.25, 0.3) is 0 Å². The summed E-state index contributed by atoms with van der Waals surface area (Å²) in [7, 11) is -3.87. The molecule has 0 spiro atoms. The lowest BCUT2D eigenvalue weighted by Gasteiger charge is -2.17. The van der Waals surface area contributed by atoms with E-state index in [-0.39, 0.29) is 23.8 Å². The van der Waals surface area contributed by atoms with E-state index in [1.807, 2.05) is 0 Å². The summed E-state index contributed by atoms with van der Waals surface area (Å²) < 4.78 is 42.4. The van der Waals surface area contributed by atoms with Gasteiger partial charge in [0.1, 0.15) is 10.7 Å². The molecule has 1 fully saturated rings. The Labute approximate surface area is 122 Å². The molecule has 0 amide bonds. The predicted octanol–water partition coefficient (Wildman–Crippen LogP) is 0.716. The van der Waals surface area contributed by atoms with Gasteiger partial charge in [0, 0.05) is 12.6 Å². The lowest BCUT2D eigenvalue weighted by Crippen LogP contribution is -2.34. The van der Waals surface area contributed by atoms with Crippen LogP contribution in [0.15, 0.2) is 15.4 Å². The van der Waals surface area contributed by atoms with Crippen molar-refractivity contribution in [3.05, 3.63) is 17.6 Å². The Balaban J connectivity index is 2.07. The molecule has 0 aromatic carbocycles. The quantitative estimate of drug-likeness (QED) is 0.821. The van der Waals surface area contributed by atoms with E-state index >= 15 is 0 Å². The summed E-state index contributed by atoms with van der Waals surface area (Å²) in [6, 6.07) is 0.982. The third-order valence-corrected chi connectivity index (χ3v) is 4.47. The van der Waals surface area contributed by atoms with Gasteiger partial charge in [-0.2, -0.15) is 0 Å². The number of ether oxygens (including phenoxy) is 2. The second-order valence-corrected chi connectivity index (χ2v) is 6.87. The van der Waals surface area contributed by atoms with Gasteiger partial charge in [-0.15, -0.1) is 0 Å². The summed E-state index contributed by atoms with van der Waals surface area (Å²) in [5, 5.41) is 8.80. The minimum atomic E-state index is -3.87. The molecule has 1 aromatic heterocycles. The van der Waals surface area contributed by atoms with Crippen LogP contribution in [0.1, 0.15) is 30.2 Å². The molecular weight excluding hydrogens is 302 g/mol. The van der Waals surface area contributed by atoms with Crippen molar-refractivity contribution in [2.24, 2.45) is 0 Å². The number of carbonyl (C=O) groups is 1. The summed E-state index contributed by atoms with van der Waals surface area (Å²) in [5.41, 5.74) is 0. The Hall–Kier alpha value is -1.42. The van der Waals surface area contributed by atoms with Gasteiger partial charge >= 0.3 is 5.97 Å². The monoisotopic (exact) mass is 319 g/mol. The molecule has 1 unspecified atom stereocenters. The van der Waals surface area contributed by atoms with Gasteiger partial charge in [0.15, 0.2) is 5.79 Å². The van der Waals surface area contributed by atoms with Gasteiger partial charge in [0.05, 0.1) is 12.7 Å². The highest BCUT2D eigenvalue weighted by Gasteiger charge is 2.33. The van der Waals surface area contributed by atoms with E-state index in [0.717, 1.165) is 6.07 Å². The molecule has 0 aliphatic carbocycles. The Bertz CT molecular complexity index is 647. The van der Waals surface area contributed by atoms with Crippen molar-refractivity contribution in [2.75, 3.05) is 13.2 Å². The number of furan rings is 1. The fourth-order valence-corrected chi connectivity index (χ4v) is 3.22. The maximum absolute atomic E-state index is 12.1. The minimum Gasteiger partial charge on any atom is -0.475 e. The molecule has 118 valence electrons. The Morgan fingerprint density at radius 1 is 1.52 bits per heavy atom. The van der Waals surface area contributed by atoms with E-state index in [9.17, 15) is 13.2 Å². The van der Waals surface area contributed by atoms with Crippen molar-refractivity contribution in [3.63, 3.8) is 0 Å². The van der Waals surface area contributed by atoms with E-state index in [0.29, 0.717) is 0 Å². The number of hydrogen-bond donors (Lipinski definition) is 2. The molecule has 9 heteroatoms. The lowest BCUT2D eigenvalue weighted by molar-refractivity contribution is -0.137. The number of carboxylic acid groups (broad SMARTS) is 1. The summed E-state index contributed by atoms with van der Waals surface area (Å²) in [4.78, 5) is 10.6. The first-order valence-corrected chi connectivity index (χ1v) is 7.74. The van der Waals surface area contributed by atoms with Gasteiger partial charge in [0.2, 0.25) is 15.8 Å². The highest BCUT2D eigenvalue weighted by molar-refractivity contribution is 7.89. The SMILES string of the molecule is Cc1oc(C(=O)O)cc1S(=O)(=O)NCC1COC(C)(C)O1. The van der Waals surface area contributed by atoms with Crippen LogP contribution in [0.4, 0.5) is 0 Å². The number of sulfonamides is 1. The minimum absolute atomic E-state index is 0.0174. The van der Waals surface area contributed by atoms with Crippen LogP contribution < -0.4 is 4.72 Å². The van der Waals surface area contributed by atoms with E-state index in [1.54, 1.807) is 13.8 Å². The molecule has 0 saturated carbocycles. The van der Waals surface area contributed by atoms with Crippen LogP contribution in [0.2, 0.25) is 0 Å². The van der Waals surface area contributed by atoms with Gasteiger partial charge in [-0.1, -0.05) is 0 Å². The Kier molecular flexibility index (Phi) is 4.11. The van der Waals surface area contributed by atoms with Crippen LogP contribution in [-0.2, 0) is 19.5 Å². The average Bonchev–Trinajstić information content (AvgIpc) is 2.90. The zero-order valence-electron chi connectivity index (χ0n) is 11.9. The Morgan fingerprint density at radius 2 is 2.19 bits per heavy atom. The third-order valence-electron chi connectivity index (χ3n) is 2.94. The largest absolute Gasteiger partial charge is 0.475 e. The molecule has 1 aliphatic rings. The van der Waals surface area contributed by atoms with Crippen molar-refractivity contribution in [1.29, 1.82) is 0 Å². The molecule has 8 nitrogen and oxygen atoms in total. The second kappa shape index (κ2) is 5.41. The third kappa shape index (κ3) is 3.62. The van der Waals surface area contributed by atoms with E-state index < -0.39 is 33.6 Å². The molecule has 1 aromatic rings. The molecule has 2 heterocycles. The molecular formula is C12H17NO7S. The lowest BCUT2D eigenvalue weighted by atomic mass is 10.4. The van der Waals surface area contributed by atoms with Crippen molar-refractivity contribution in [2.45, 2.75) is 37.6 Å². The summed E-state index contributed by atoms with van der Waals surface area (Å²) >= 11 is 0.